The first-order valence-electron chi connectivity index (χ1n) is 7.46. The van der Waals surface area contributed by atoms with Gasteiger partial charge in [-0.1, -0.05) is 69.9 Å². The maximum absolute atomic E-state index is 10.1. The maximum atomic E-state index is 10.1. The van der Waals surface area contributed by atoms with Gasteiger partial charge in [-0.2, -0.15) is 0 Å². The van der Waals surface area contributed by atoms with E-state index in [9.17, 15) is 5.11 Å². The number of hydrogen-bond acceptors (Lipinski definition) is 1. The predicted octanol–water partition coefficient (Wildman–Crippen LogP) is 4.59. The van der Waals surface area contributed by atoms with Gasteiger partial charge in [0.2, 0.25) is 0 Å². The Morgan fingerprint density at radius 1 is 1.00 bits per heavy atom. The second kappa shape index (κ2) is 9.16. The van der Waals surface area contributed by atoms with Crippen LogP contribution in [-0.2, 0) is 6.42 Å². The van der Waals surface area contributed by atoms with Crippen molar-refractivity contribution in [1.82, 2.24) is 0 Å². The summed E-state index contributed by atoms with van der Waals surface area (Å²) in [6.07, 6.45) is 8.00. The van der Waals surface area contributed by atoms with Gasteiger partial charge >= 0.3 is 0 Å². The van der Waals surface area contributed by atoms with Crippen molar-refractivity contribution in [1.29, 1.82) is 0 Å². The van der Waals surface area contributed by atoms with Crippen LogP contribution in [0.15, 0.2) is 30.3 Å². The topological polar surface area (TPSA) is 20.2 Å². The van der Waals surface area contributed by atoms with Crippen molar-refractivity contribution in [2.75, 3.05) is 0 Å². The molecule has 0 saturated heterocycles. The number of hydrogen-bond donors (Lipinski definition) is 1. The minimum absolute atomic E-state index is 0.120. The number of aliphatic hydroxyl groups is 1. The maximum Gasteiger partial charge on any atom is 0.0565 e. The lowest BCUT2D eigenvalue weighted by Crippen LogP contribution is -2.18. The average Bonchev–Trinajstić information content (AvgIpc) is 2.42. The molecule has 0 heterocycles. The molecule has 2 unspecified atom stereocenters. The summed E-state index contributed by atoms with van der Waals surface area (Å²) in [5.41, 5.74) is 1.38. The smallest absolute Gasteiger partial charge is 0.0565 e. The van der Waals surface area contributed by atoms with E-state index in [0.29, 0.717) is 5.92 Å². The molecule has 0 aliphatic rings. The first-order chi connectivity index (χ1) is 8.74. The fourth-order valence-corrected chi connectivity index (χ4v) is 2.30. The molecular formula is C17H28O. The van der Waals surface area contributed by atoms with Crippen LogP contribution >= 0.6 is 0 Å². The van der Waals surface area contributed by atoms with Gasteiger partial charge in [-0.25, -0.2) is 0 Å². The molecule has 1 rings (SSSR count). The molecule has 0 aromatic heterocycles. The molecule has 0 aliphatic carbocycles. The van der Waals surface area contributed by atoms with Crippen LogP contribution in [-0.4, -0.2) is 11.2 Å². The highest BCUT2D eigenvalue weighted by Crippen LogP contribution is 2.17. The van der Waals surface area contributed by atoms with Gasteiger partial charge in [0.15, 0.2) is 0 Å². The van der Waals surface area contributed by atoms with E-state index in [0.717, 1.165) is 19.3 Å². The molecule has 1 aromatic rings. The van der Waals surface area contributed by atoms with Gasteiger partial charge in [0.25, 0.3) is 0 Å². The van der Waals surface area contributed by atoms with Crippen LogP contribution < -0.4 is 0 Å². The summed E-state index contributed by atoms with van der Waals surface area (Å²) in [5, 5.41) is 10.1. The Hall–Kier alpha value is -0.820. The number of aliphatic hydroxyl groups excluding tert-OH is 1. The molecule has 0 saturated carbocycles. The second-order valence-corrected chi connectivity index (χ2v) is 5.42. The second-order valence-electron chi connectivity index (χ2n) is 5.42. The van der Waals surface area contributed by atoms with Crippen LogP contribution in [0.5, 0.6) is 0 Å². The largest absolute Gasteiger partial charge is 0.393 e. The number of unbranched alkanes of at least 4 members (excludes halogenated alkanes) is 3. The average molecular weight is 248 g/mol. The van der Waals surface area contributed by atoms with Crippen molar-refractivity contribution in [3.63, 3.8) is 0 Å². The van der Waals surface area contributed by atoms with Gasteiger partial charge in [0, 0.05) is 0 Å². The van der Waals surface area contributed by atoms with E-state index < -0.39 is 0 Å². The summed E-state index contributed by atoms with van der Waals surface area (Å²) in [7, 11) is 0. The van der Waals surface area contributed by atoms with Crippen LogP contribution in [0.1, 0.15) is 57.9 Å². The first-order valence-corrected chi connectivity index (χ1v) is 7.46. The summed E-state index contributed by atoms with van der Waals surface area (Å²) >= 11 is 0. The van der Waals surface area contributed by atoms with Gasteiger partial charge in [-0.05, 0) is 30.7 Å². The molecule has 0 fully saturated rings. The third-order valence-electron chi connectivity index (χ3n) is 3.74. The van der Waals surface area contributed by atoms with Crippen molar-refractivity contribution in [3.8, 4) is 0 Å². The minimum Gasteiger partial charge on any atom is -0.393 e. The Balaban J connectivity index is 2.17. The number of rotatable bonds is 9. The fourth-order valence-electron chi connectivity index (χ4n) is 2.30. The molecule has 102 valence electrons. The lowest BCUT2D eigenvalue weighted by molar-refractivity contribution is 0.100. The predicted molar refractivity (Wildman–Crippen MR) is 78.7 cm³/mol. The van der Waals surface area contributed by atoms with Crippen LogP contribution in [0.3, 0.4) is 0 Å². The SMILES string of the molecule is CCCCCCC(O)C(C)CCc1ccccc1. The van der Waals surface area contributed by atoms with Gasteiger partial charge in [-0.3, -0.25) is 0 Å². The monoisotopic (exact) mass is 248 g/mol. The van der Waals surface area contributed by atoms with E-state index in [4.69, 9.17) is 0 Å². The summed E-state index contributed by atoms with van der Waals surface area (Å²) in [4.78, 5) is 0. The first kappa shape index (κ1) is 15.2. The molecule has 1 nitrogen and oxygen atoms in total. The van der Waals surface area contributed by atoms with E-state index in [2.05, 4.69) is 44.2 Å². The summed E-state index contributed by atoms with van der Waals surface area (Å²) in [6, 6.07) is 10.6. The Morgan fingerprint density at radius 2 is 1.72 bits per heavy atom. The molecule has 0 amide bonds. The van der Waals surface area contributed by atoms with Crippen LogP contribution in [0.25, 0.3) is 0 Å². The third kappa shape index (κ3) is 6.20. The van der Waals surface area contributed by atoms with Crippen molar-refractivity contribution in [3.05, 3.63) is 35.9 Å². The van der Waals surface area contributed by atoms with Gasteiger partial charge in [0.05, 0.1) is 6.10 Å². The minimum atomic E-state index is -0.120. The van der Waals surface area contributed by atoms with Crippen molar-refractivity contribution in [2.45, 2.75) is 64.9 Å². The number of aryl methyl sites for hydroxylation is 1. The third-order valence-corrected chi connectivity index (χ3v) is 3.74. The van der Waals surface area contributed by atoms with E-state index >= 15 is 0 Å². The zero-order chi connectivity index (χ0) is 13.2. The lowest BCUT2D eigenvalue weighted by atomic mass is 9.93. The Morgan fingerprint density at radius 3 is 2.39 bits per heavy atom. The van der Waals surface area contributed by atoms with Gasteiger partial charge in [0.1, 0.15) is 0 Å². The van der Waals surface area contributed by atoms with Crippen LogP contribution in [0, 0.1) is 5.92 Å². The van der Waals surface area contributed by atoms with E-state index in [1.807, 2.05) is 0 Å². The molecule has 0 radical (unpaired) electrons. The molecule has 2 atom stereocenters. The van der Waals surface area contributed by atoms with Gasteiger partial charge < -0.3 is 5.11 Å². The Bertz CT molecular complexity index is 294. The molecule has 0 spiro atoms. The highest BCUT2D eigenvalue weighted by Gasteiger charge is 2.13. The molecule has 0 aliphatic heterocycles. The summed E-state index contributed by atoms with van der Waals surface area (Å²) < 4.78 is 0. The molecule has 1 N–H and O–H groups in total. The highest BCUT2D eigenvalue weighted by molar-refractivity contribution is 5.14. The quantitative estimate of drug-likeness (QED) is 0.634. The van der Waals surface area contributed by atoms with Gasteiger partial charge in [-0.15, -0.1) is 0 Å². The number of benzene rings is 1. The normalized spacial score (nSPS) is 14.4. The van der Waals surface area contributed by atoms with E-state index in [-0.39, 0.29) is 6.10 Å². The molecule has 1 aromatic carbocycles. The lowest BCUT2D eigenvalue weighted by Gasteiger charge is -2.18. The zero-order valence-electron chi connectivity index (χ0n) is 11.9. The molecule has 0 bridgehead atoms. The summed E-state index contributed by atoms with van der Waals surface area (Å²) in [5.74, 6) is 0.409. The van der Waals surface area contributed by atoms with Crippen molar-refractivity contribution >= 4 is 0 Å². The standard InChI is InChI=1S/C17H28O/c1-3-4-5-9-12-17(18)15(2)13-14-16-10-7-6-8-11-16/h6-8,10-11,15,17-18H,3-5,9,12-14H2,1-2H3. The molecule has 1 heteroatoms. The Labute approximate surface area is 112 Å². The molecule has 18 heavy (non-hydrogen) atoms. The van der Waals surface area contributed by atoms with Crippen LogP contribution in [0.4, 0.5) is 0 Å². The highest BCUT2D eigenvalue weighted by atomic mass is 16.3. The van der Waals surface area contributed by atoms with Crippen molar-refractivity contribution in [2.24, 2.45) is 5.92 Å². The zero-order valence-corrected chi connectivity index (χ0v) is 11.9. The fraction of sp³-hybridized carbons (Fsp3) is 0.647. The Kier molecular flexibility index (Phi) is 7.75. The van der Waals surface area contributed by atoms with Crippen LogP contribution in [0.2, 0.25) is 0 Å². The van der Waals surface area contributed by atoms with Crippen molar-refractivity contribution < 1.29 is 5.11 Å². The van der Waals surface area contributed by atoms with E-state index in [1.54, 1.807) is 0 Å². The summed E-state index contributed by atoms with van der Waals surface area (Å²) in [6.45, 7) is 4.40. The molecular weight excluding hydrogens is 220 g/mol. The van der Waals surface area contributed by atoms with E-state index in [1.165, 1.54) is 31.2 Å².